The van der Waals surface area contributed by atoms with Crippen molar-refractivity contribution in [3.8, 4) is 0 Å². The minimum atomic E-state index is -1.20. The number of urea groups is 1. The van der Waals surface area contributed by atoms with E-state index in [2.05, 4.69) is 21.2 Å². The molecule has 1 saturated heterocycles. The molecule has 0 aliphatic carbocycles. The van der Waals surface area contributed by atoms with Gasteiger partial charge in [-0.1, -0.05) is 64.5 Å². The van der Waals surface area contributed by atoms with Crippen molar-refractivity contribution in [2.24, 2.45) is 0 Å². The predicted octanol–water partition coefficient (Wildman–Crippen LogP) is 3.10. The molecule has 1 heterocycles. The largest absolute Gasteiger partial charge is 0.325 e. The summed E-state index contributed by atoms with van der Waals surface area (Å²) in [5.41, 5.74) is -0.0840. The van der Waals surface area contributed by atoms with Gasteiger partial charge in [0.1, 0.15) is 5.54 Å². The van der Waals surface area contributed by atoms with Crippen LogP contribution in [0.3, 0.4) is 0 Å². The first kappa shape index (κ1) is 16.4. The molecule has 0 aromatic heterocycles. The minimum Gasteiger partial charge on any atom is -0.319 e. The number of imide groups is 1. The van der Waals surface area contributed by atoms with Crippen molar-refractivity contribution in [1.29, 1.82) is 0 Å². The van der Waals surface area contributed by atoms with Gasteiger partial charge in [0.15, 0.2) is 5.78 Å². The third-order valence-corrected chi connectivity index (χ3v) is 4.78. The molecular formula is C18H15BrN2O3. The van der Waals surface area contributed by atoms with Gasteiger partial charge in [0.05, 0.1) is 6.54 Å². The van der Waals surface area contributed by atoms with Crippen molar-refractivity contribution >= 4 is 33.7 Å². The molecule has 0 radical (unpaired) electrons. The van der Waals surface area contributed by atoms with Crippen LogP contribution in [0.4, 0.5) is 4.79 Å². The number of rotatable bonds is 4. The number of hydrogen-bond donors (Lipinski definition) is 1. The topological polar surface area (TPSA) is 66.5 Å². The maximum Gasteiger partial charge on any atom is 0.325 e. The standard InChI is InChI=1S/C18H15BrN2O3/c1-18(13-9-5-6-10-14(13)19)16(23)21(17(24)20-18)11-15(22)12-7-3-2-4-8-12/h2-10H,11H2,1H3,(H,20,24)/t18-/m1/s1. The summed E-state index contributed by atoms with van der Waals surface area (Å²) >= 11 is 3.41. The highest BCUT2D eigenvalue weighted by Crippen LogP contribution is 2.33. The summed E-state index contributed by atoms with van der Waals surface area (Å²) in [5, 5.41) is 2.70. The molecule has 0 saturated carbocycles. The van der Waals surface area contributed by atoms with E-state index < -0.39 is 17.5 Å². The van der Waals surface area contributed by atoms with E-state index in [1.165, 1.54) is 0 Å². The lowest BCUT2D eigenvalue weighted by atomic mass is 9.92. The molecule has 0 unspecified atom stereocenters. The number of Topliss-reactive ketones (excluding diaryl/α,β-unsaturated/α-hetero) is 1. The minimum absolute atomic E-state index is 0.282. The molecule has 0 bridgehead atoms. The molecule has 3 amide bonds. The average Bonchev–Trinajstić information content (AvgIpc) is 2.80. The molecule has 24 heavy (non-hydrogen) atoms. The van der Waals surface area contributed by atoms with Crippen LogP contribution in [0.2, 0.25) is 0 Å². The molecule has 1 atom stereocenters. The average molecular weight is 387 g/mol. The van der Waals surface area contributed by atoms with Crippen molar-refractivity contribution < 1.29 is 14.4 Å². The third-order valence-electron chi connectivity index (χ3n) is 4.08. The van der Waals surface area contributed by atoms with Gasteiger partial charge in [-0.25, -0.2) is 4.79 Å². The van der Waals surface area contributed by atoms with Crippen molar-refractivity contribution in [1.82, 2.24) is 10.2 Å². The van der Waals surface area contributed by atoms with Crippen LogP contribution in [0.25, 0.3) is 0 Å². The Bertz CT molecular complexity index is 822. The summed E-state index contributed by atoms with van der Waals surface area (Å²) in [6.07, 6.45) is 0. The summed E-state index contributed by atoms with van der Waals surface area (Å²) in [4.78, 5) is 38.4. The van der Waals surface area contributed by atoms with Gasteiger partial charge in [0.25, 0.3) is 5.91 Å². The van der Waals surface area contributed by atoms with Gasteiger partial charge in [-0.3, -0.25) is 14.5 Å². The molecular weight excluding hydrogens is 372 g/mol. The second-order valence-corrected chi connectivity index (χ2v) is 6.57. The lowest BCUT2D eigenvalue weighted by molar-refractivity contribution is -0.130. The second kappa shape index (κ2) is 6.20. The van der Waals surface area contributed by atoms with E-state index in [1.54, 1.807) is 55.5 Å². The molecule has 1 N–H and O–H groups in total. The van der Waals surface area contributed by atoms with Crippen LogP contribution in [0.1, 0.15) is 22.8 Å². The zero-order valence-electron chi connectivity index (χ0n) is 13.0. The zero-order valence-corrected chi connectivity index (χ0v) is 14.5. The van der Waals surface area contributed by atoms with Crippen LogP contribution in [-0.4, -0.2) is 29.2 Å². The lowest BCUT2D eigenvalue weighted by Gasteiger charge is -2.23. The van der Waals surface area contributed by atoms with E-state index in [4.69, 9.17) is 0 Å². The normalized spacial score (nSPS) is 20.2. The highest BCUT2D eigenvalue weighted by Gasteiger charge is 2.50. The van der Waals surface area contributed by atoms with Gasteiger partial charge in [-0.2, -0.15) is 0 Å². The lowest BCUT2D eigenvalue weighted by Crippen LogP contribution is -2.41. The number of amides is 3. The van der Waals surface area contributed by atoms with Crippen LogP contribution in [-0.2, 0) is 10.3 Å². The monoisotopic (exact) mass is 386 g/mol. The number of hydrogen-bond acceptors (Lipinski definition) is 3. The fourth-order valence-corrected chi connectivity index (χ4v) is 3.43. The Labute approximate surface area is 147 Å². The maximum atomic E-state index is 12.8. The molecule has 2 aromatic rings. The number of nitrogens with zero attached hydrogens (tertiary/aromatic N) is 1. The summed E-state index contributed by atoms with van der Waals surface area (Å²) in [6, 6.07) is 15.2. The molecule has 122 valence electrons. The summed E-state index contributed by atoms with van der Waals surface area (Å²) < 4.78 is 0.720. The fourth-order valence-electron chi connectivity index (χ4n) is 2.75. The van der Waals surface area contributed by atoms with E-state index in [1.807, 2.05) is 6.07 Å². The highest BCUT2D eigenvalue weighted by molar-refractivity contribution is 9.10. The zero-order chi connectivity index (χ0) is 17.3. The fraction of sp³-hybridized carbons (Fsp3) is 0.167. The van der Waals surface area contributed by atoms with Crippen LogP contribution in [0.5, 0.6) is 0 Å². The van der Waals surface area contributed by atoms with E-state index in [9.17, 15) is 14.4 Å². The van der Waals surface area contributed by atoms with Crippen molar-refractivity contribution in [2.75, 3.05) is 6.54 Å². The number of benzene rings is 2. The molecule has 1 aliphatic rings. The Balaban J connectivity index is 1.87. The Morgan fingerprint density at radius 2 is 1.71 bits per heavy atom. The molecule has 1 aliphatic heterocycles. The molecule has 6 heteroatoms. The van der Waals surface area contributed by atoms with Crippen LogP contribution >= 0.6 is 15.9 Å². The smallest absolute Gasteiger partial charge is 0.319 e. The van der Waals surface area contributed by atoms with Gasteiger partial charge in [-0.05, 0) is 13.0 Å². The Morgan fingerprint density at radius 1 is 1.08 bits per heavy atom. The SMILES string of the molecule is C[C@]1(c2ccccc2Br)NC(=O)N(CC(=O)c2ccccc2)C1=O. The second-order valence-electron chi connectivity index (χ2n) is 5.72. The molecule has 2 aromatic carbocycles. The van der Waals surface area contributed by atoms with Crippen LogP contribution < -0.4 is 5.32 Å². The third kappa shape index (κ3) is 2.73. The van der Waals surface area contributed by atoms with Gasteiger partial charge < -0.3 is 5.32 Å². The number of nitrogens with one attached hydrogen (secondary N) is 1. The highest BCUT2D eigenvalue weighted by atomic mass is 79.9. The first-order valence-electron chi connectivity index (χ1n) is 7.41. The predicted molar refractivity (Wildman–Crippen MR) is 92.5 cm³/mol. The Kier molecular flexibility index (Phi) is 4.24. The van der Waals surface area contributed by atoms with Gasteiger partial charge in [-0.15, -0.1) is 0 Å². The Morgan fingerprint density at radius 3 is 2.38 bits per heavy atom. The molecule has 3 rings (SSSR count). The van der Waals surface area contributed by atoms with Crippen molar-refractivity contribution in [2.45, 2.75) is 12.5 Å². The van der Waals surface area contributed by atoms with Crippen LogP contribution in [0, 0.1) is 0 Å². The summed E-state index contributed by atoms with van der Waals surface area (Å²) in [7, 11) is 0. The first-order valence-corrected chi connectivity index (χ1v) is 8.20. The Hall–Kier alpha value is -2.47. The first-order chi connectivity index (χ1) is 11.4. The summed E-state index contributed by atoms with van der Waals surface area (Å²) in [6.45, 7) is 1.36. The molecule has 5 nitrogen and oxygen atoms in total. The van der Waals surface area contributed by atoms with E-state index in [0.29, 0.717) is 11.1 Å². The number of ketones is 1. The van der Waals surface area contributed by atoms with Crippen LogP contribution in [0.15, 0.2) is 59.1 Å². The number of carbonyl (C=O) groups is 3. The van der Waals surface area contributed by atoms with E-state index in [0.717, 1.165) is 9.37 Å². The van der Waals surface area contributed by atoms with E-state index >= 15 is 0 Å². The molecule has 1 fully saturated rings. The van der Waals surface area contributed by atoms with Crippen molar-refractivity contribution in [3.05, 3.63) is 70.2 Å². The van der Waals surface area contributed by atoms with Gasteiger partial charge in [0.2, 0.25) is 0 Å². The van der Waals surface area contributed by atoms with Crippen molar-refractivity contribution in [3.63, 3.8) is 0 Å². The molecule has 0 spiro atoms. The maximum absolute atomic E-state index is 12.8. The van der Waals surface area contributed by atoms with Gasteiger partial charge in [0, 0.05) is 15.6 Å². The number of carbonyl (C=O) groups excluding carboxylic acids is 3. The number of halogens is 1. The van der Waals surface area contributed by atoms with E-state index in [-0.39, 0.29) is 12.3 Å². The summed E-state index contributed by atoms with van der Waals surface area (Å²) in [5.74, 6) is -0.723. The van der Waals surface area contributed by atoms with Gasteiger partial charge >= 0.3 is 6.03 Å². The quantitative estimate of drug-likeness (QED) is 0.648.